The topological polar surface area (TPSA) is 95.1 Å². The highest BCUT2D eigenvalue weighted by atomic mass is 16.5. The van der Waals surface area contributed by atoms with Gasteiger partial charge in [-0.25, -0.2) is 9.97 Å². The van der Waals surface area contributed by atoms with Crippen molar-refractivity contribution in [2.24, 2.45) is 0 Å². The van der Waals surface area contributed by atoms with Crippen LogP contribution >= 0.6 is 0 Å². The van der Waals surface area contributed by atoms with Crippen LogP contribution in [0, 0.1) is 0 Å². The van der Waals surface area contributed by atoms with E-state index in [2.05, 4.69) is 24.4 Å². The molecule has 0 fully saturated rings. The number of para-hydroxylation sites is 2. The molecule has 7 heteroatoms. The highest BCUT2D eigenvalue weighted by molar-refractivity contribution is 6.11. The summed E-state index contributed by atoms with van der Waals surface area (Å²) in [6, 6.07) is 15.7. The first-order chi connectivity index (χ1) is 15.5. The van der Waals surface area contributed by atoms with Crippen LogP contribution in [0.1, 0.15) is 43.1 Å². The zero-order valence-electron chi connectivity index (χ0n) is 18.8. The smallest absolute Gasteiger partial charge is 0.257 e. The van der Waals surface area contributed by atoms with Gasteiger partial charge in [0.15, 0.2) is 5.65 Å². The van der Waals surface area contributed by atoms with Gasteiger partial charge in [0.05, 0.1) is 17.1 Å². The number of ether oxygens (including phenoxy) is 1. The minimum atomic E-state index is -0.257. The van der Waals surface area contributed by atoms with Gasteiger partial charge >= 0.3 is 0 Å². The number of benzene rings is 2. The van der Waals surface area contributed by atoms with Gasteiger partial charge in [-0.15, -0.1) is 0 Å². The van der Waals surface area contributed by atoms with Gasteiger partial charge in [-0.2, -0.15) is 0 Å². The Labute approximate surface area is 187 Å². The Bertz CT molecular complexity index is 1260. The van der Waals surface area contributed by atoms with E-state index in [0.717, 1.165) is 29.6 Å². The van der Waals surface area contributed by atoms with Crippen molar-refractivity contribution in [1.82, 2.24) is 19.9 Å². The van der Waals surface area contributed by atoms with Gasteiger partial charge in [0.25, 0.3) is 5.91 Å². The summed E-state index contributed by atoms with van der Waals surface area (Å²) in [6.07, 6.45) is 1.78. The molecule has 4 rings (SSSR count). The number of aryl methyl sites for hydroxylation is 1. The van der Waals surface area contributed by atoms with Crippen molar-refractivity contribution in [2.75, 3.05) is 18.9 Å². The van der Waals surface area contributed by atoms with E-state index in [1.54, 1.807) is 0 Å². The summed E-state index contributed by atoms with van der Waals surface area (Å²) in [5.41, 5.74) is 11.5. The lowest BCUT2D eigenvalue weighted by molar-refractivity contribution is 0.0757. The number of carbonyl (C=O) groups is 1. The summed E-state index contributed by atoms with van der Waals surface area (Å²) in [5.74, 6) is 0.0755. The third kappa shape index (κ3) is 4.29. The van der Waals surface area contributed by atoms with E-state index in [-0.39, 0.29) is 12.0 Å². The Morgan fingerprint density at radius 2 is 1.88 bits per heavy atom. The Balaban J connectivity index is 1.78. The standard InChI is InChI=1S/C25H29N5O2/c1-4-17-9-7-10-18(15-17)30-23(26)21(25(31)27-13-8-14-32-16(2)3)22-24(30)29-20-12-6-5-11-19(20)28-22/h5-7,9-12,15-16H,4,8,13-14,26H2,1-3H3,(H,27,31). The molecule has 0 unspecified atom stereocenters. The van der Waals surface area contributed by atoms with Crippen LogP contribution in [0.4, 0.5) is 5.82 Å². The monoisotopic (exact) mass is 431 g/mol. The number of aromatic nitrogens is 3. The van der Waals surface area contributed by atoms with Crippen molar-refractivity contribution in [3.05, 3.63) is 59.7 Å². The average Bonchev–Trinajstić information content (AvgIpc) is 3.07. The van der Waals surface area contributed by atoms with E-state index in [1.807, 2.05) is 54.8 Å². The first kappa shape index (κ1) is 21.8. The molecule has 2 aromatic heterocycles. The molecule has 166 valence electrons. The van der Waals surface area contributed by atoms with E-state index < -0.39 is 0 Å². The number of nitrogens with zero attached hydrogens (tertiary/aromatic N) is 3. The number of anilines is 1. The van der Waals surface area contributed by atoms with Crippen LogP contribution in [0.25, 0.3) is 27.9 Å². The Morgan fingerprint density at radius 1 is 1.12 bits per heavy atom. The molecule has 0 atom stereocenters. The van der Waals surface area contributed by atoms with Crippen LogP contribution in [0.2, 0.25) is 0 Å². The largest absolute Gasteiger partial charge is 0.384 e. The molecule has 7 nitrogen and oxygen atoms in total. The second-order valence-electron chi connectivity index (χ2n) is 8.03. The summed E-state index contributed by atoms with van der Waals surface area (Å²) in [6.45, 7) is 7.16. The molecular formula is C25H29N5O2. The maximum Gasteiger partial charge on any atom is 0.257 e. The molecule has 1 amide bonds. The van der Waals surface area contributed by atoms with Crippen LogP contribution in [-0.4, -0.2) is 39.7 Å². The second-order valence-corrected chi connectivity index (χ2v) is 8.03. The molecule has 0 spiro atoms. The molecular weight excluding hydrogens is 402 g/mol. The molecule has 0 saturated carbocycles. The molecule has 0 aliphatic rings. The molecule has 0 saturated heterocycles. The summed E-state index contributed by atoms with van der Waals surface area (Å²) >= 11 is 0. The second kappa shape index (κ2) is 9.36. The molecule has 0 aliphatic carbocycles. The fourth-order valence-electron chi connectivity index (χ4n) is 3.74. The van der Waals surface area contributed by atoms with Gasteiger partial charge in [-0.05, 0) is 56.5 Å². The highest BCUT2D eigenvalue weighted by Gasteiger charge is 2.24. The third-order valence-electron chi connectivity index (χ3n) is 5.36. The van der Waals surface area contributed by atoms with Crippen LogP contribution in [0.3, 0.4) is 0 Å². The Hall–Kier alpha value is -3.45. The minimum Gasteiger partial charge on any atom is -0.384 e. The summed E-state index contributed by atoms with van der Waals surface area (Å²) in [7, 11) is 0. The molecule has 0 radical (unpaired) electrons. The number of hydrogen-bond acceptors (Lipinski definition) is 5. The molecule has 4 aromatic rings. The summed E-state index contributed by atoms with van der Waals surface area (Å²) in [5, 5.41) is 2.96. The summed E-state index contributed by atoms with van der Waals surface area (Å²) in [4.78, 5) is 22.8. The van der Waals surface area contributed by atoms with Gasteiger partial charge < -0.3 is 15.8 Å². The lowest BCUT2D eigenvalue weighted by Crippen LogP contribution is -2.26. The van der Waals surface area contributed by atoms with Crippen molar-refractivity contribution >= 4 is 33.9 Å². The van der Waals surface area contributed by atoms with E-state index in [9.17, 15) is 4.79 Å². The number of fused-ring (bicyclic) bond motifs is 2. The maximum absolute atomic E-state index is 13.2. The molecule has 0 aliphatic heterocycles. The number of carbonyl (C=O) groups excluding carboxylic acids is 1. The Morgan fingerprint density at radius 3 is 2.59 bits per heavy atom. The maximum atomic E-state index is 13.2. The van der Waals surface area contributed by atoms with Crippen molar-refractivity contribution in [1.29, 1.82) is 0 Å². The third-order valence-corrected chi connectivity index (χ3v) is 5.36. The van der Waals surface area contributed by atoms with Gasteiger partial charge in [-0.3, -0.25) is 9.36 Å². The van der Waals surface area contributed by atoms with Crippen LogP contribution in [0.5, 0.6) is 0 Å². The van der Waals surface area contributed by atoms with Crippen LogP contribution < -0.4 is 11.1 Å². The Kier molecular flexibility index (Phi) is 6.37. The first-order valence-electron chi connectivity index (χ1n) is 11.1. The normalized spacial score (nSPS) is 11.5. The van der Waals surface area contributed by atoms with E-state index in [4.69, 9.17) is 20.4 Å². The number of nitrogen functional groups attached to an aromatic ring is 1. The molecule has 2 aromatic carbocycles. The van der Waals surface area contributed by atoms with E-state index in [0.29, 0.717) is 35.7 Å². The predicted octanol–water partition coefficient (Wildman–Crippen LogP) is 4.26. The van der Waals surface area contributed by atoms with Crippen molar-refractivity contribution in [3.8, 4) is 5.69 Å². The predicted molar refractivity (Wildman–Crippen MR) is 128 cm³/mol. The fraction of sp³-hybridized carbons (Fsp3) is 0.320. The quantitative estimate of drug-likeness (QED) is 0.407. The zero-order chi connectivity index (χ0) is 22.7. The minimum absolute atomic E-state index is 0.168. The molecule has 3 N–H and O–H groups in total. The molecule has 0 bridgehead atoms. The van der Waals surface area contributed by atoms with Crippen LogP contribution in [0.15, 0.2) is 48.5 Å². The van der Waals surface area contributed by atoms with Gasteiger partial charge in [0.1, 0.15) is 16.9 Å². The highest BCUT2D eigenvalue weighted by Crippen LogP contribution is 2.31. The fourth-order valence-corrected chi connectivity index (χ4v) is 3.74. The van der Waals surface area contributed by atoms with Gasteiger partial charge in [0, 0.05) is 18.8 Å². The number of nitrogens with two attached hydrogens (primary N) is 1. The number of nitrogens with one attached hydrogen (secondary N) is 1. The molecule has 32 heavy (non-hydrogen) atoms. The lowest BCUT2D eigenvalue weighted by Gasteiger charge is -2.10. The SMILES string of the molecule is CCc1cccc(-n2c(N)c(C(=O)NCCCOC(C)C)c3nc4ccccc4nc32)c1. The number of rotatable bonds is 8. The van der Waals surface area contributed by atoms with E-state index >= 15 is 0 Å². The summed E-state index contributed by atoms with van der Waals surface area (Å²) < 4.78 is 7.38. The van der Waals surface area contributed by atoms with Gasteiger partial charge in [-0.1, -0.05) is 31.2 Å². The van der Waals surface area contributed by atoms with Gasteiger partial charge in [0.2, 0.25) is 0 Å². The van der Waals surface area contributed by atoms with Crippen molar-refractivity contribution < 1.29 is 9.53 Å². The zero-order valence-corrected chi connectivity index (χ0v) is 18.8. The van der Waals surface area contributed by atoms with Crippen molar-refractivity contribution in [2.45, 2.75) is 39.7 Å². The van der Waals surface area contributed by atoms with Crippen LogP contribution in [-0.2, 0) is 11.2 Å². The average molecular weight is 432 g/mol. The number of hydrogen-bond donors (Lipinski definition) is 2. The van der Waals surface area contributed by atoms with Crippen molar-refractivity contribution in [3.63, 3.8) is 0 Å². The van der Waals surface area contributed by atoms with E-state index in [1.165, 1.54) is 5.56 Å². The first-order valence-corrected chi connectivity index (χ1v) is 11.1. The lowest BCUT2D eigenvalue weighted by atomic mass is 10.1. The number of amides is 1. The molecule has 2 heterocycles.